The molecule has 0 aliphatic heterocycles. The lowest BCUT2D eigenvalue weighted by Crippen LogP contribution is -2.01. The molecule has 0 bridgehead atoms. The first kappa shape index (κ1) is 36.9. The molecule has 10 aromatic rings. The molecule has 8 aromatic carbocycles. The molecule has 290 valence electrons. The van der Waals surface area contributed by atoms with Crippen LogP contribution in [0.15, 0.2) is 195 Å². The number of fused-ring (bicyclic) bond motifs is 6. The predicted octanol–water partition coefficient (Wildman–Crippen LogP) is 14.2. The van der Waals surface area contributed by atoms with Gasteiger partial charge in [0, 0.05) is 39.3 Å². The highest BCUT2D eigenvalue weighted by atomic mass is 16.5. The maximum Gasteiger partial charge on any atom is 0.120 e. The van der Waals surface area contributed by atoms with Gasteiger partial charge in [-0.1, -0.05) is 141 Å². The maximum absolute atomic E-state index is 6.28. The van der Waals surface area contributed by atoms with Crippen LogP contribution in [-0.4, -0.2) is 15.7 Å². The molecular formula is C56H44N2O2. The minimum absolute atomic E-state index is 0.548. The molecule has 0 aliphatic carbocycles. The van der Waals surface area contributed by atoms with Crippen molar-refractivity contribution in [1.29, 1.82) is 0 Å². The van der Waals surface area contributed by atoms with E-state index < -0.39 is 0 Å². The summed E-state index contributed by atoms with van der Waals surface area (Å²) in [5, 5.41) is 4.84. The van der Waals surface area contributed by atoms with Gasteiger partial charge in [-0.15, -0.1) is 0 Å². The van der Waals surface area contributed by atoms with Gasteiger partial charge in [-0.25, -0.2) is 0 Å². The third kappa shape index (κ3) is 7.08. The molecular weight excluding hydrogens is 733 g/mol. The first-order valence-electron chi connectivity index (χ1n) is 20.5. The van der Waals surface area contributed by atoms with Crippen molar-refractivity contribution >= 4 is 55.8 Å². The standard InChI is InChI=1S/C56H44N2O2/c1-3-39-13-17-41(18-14-39)33-34-60-48-30-32-56-52(36-48)50-10-6-8-12-54(50)58(56)47-28-24-45(25-29-47)44-22-26-46(27-23-44)57-53-11-7-5-9-49(53)51-35-43(21-31-55(51)57)38-59-37-42-19-15-40(4-2)16-20-42/h3-32,35-36H,1-2,33-34,37-38H2. The Morgan fingerprint density at radius 3 is 1.45 bits per heavy atom. The van der Waals surface area contributed by atoms with E-state index in [0.717, 1.165) is 51.3 Å². The van der Waals surface area contributed by atoms with Crippen LogP contribution in [0, 0.1) is 0 Å². The fraction of sp³-hybridized carbons (Fsp3) is 0.0714. The zero-order chi connectivity index (χ0) is 40.4. The van der Waals surface area contributed by atoms with E-state index in [1.807, 2.05) is 12.2 Å². The molecule has 2 aromatic heterocycles. The van der Waals surface area contributed by atoms with Gasteiger partial charge in [0.1, 0.15) is 5.75 Å². The third-order valence-corrected chi connectivity index (χ3v) is 11.6. The largest absolute Gasteiger partial charge is 0.493 e. The minimum Gasteiger partial charge on any atom is -0.493 e. The quantitative estimate of drug-likeness (QED) is 0.117. The molecule has 0 atom stereocenters. The van der Waals surface area contributed by atoms with Gasteiger partial charge >= 0.3 is 0 Å². The van der Waals surface area contributed by atoms with Crippen LogP contribution >= 0.6 is 0 Å². The van der Waals surface area contributed by atoms with E-state index in [4.69, 9.17) is 9.47 Å². The molecule has 0 saturated heterocycles. The van der Waals surface area contributed by atoms with E-state index >= 15 is 0 Å². The Morgan fingerprint density at radius 2 is 0.883 bits per heavy atom. The fourth-order valence-electron chi connectivity index (χ4n) is 8.46. The van der Waals surface area contributed by atoms with Crippen molar-refractivity contribution in [1.82, 2.24) is 9.13 Å². The minimum atomic E-state index is 0.548. The molecule has 0 amide bonds. The van der Waals surface area contributed by atoms with Gasteiger partial charge in [0.05, 0.1) is 41.9 Å². The van der Waals surface area contributed by atoms with E-state index in [2.05, 4.69) is 204 Å². The zero-order valence-electron chi connectivity index (χ0n) is 33.4. The lowest BCUT2D eigenvalue weighted by Gasteiger charge is -2.12. The smallest absolute Gasteiger partial charge is 0.120 e. The summed E-state index contributed by atoms with van der Waals surface area (Å²) in [6, 6.07) is 65.1. The van der Waals surface area contributed by atoms with Crippen LogP contribution < -0.4 is 4.74 Å². The Hall–Kier alpha value is -7.40. The van der Waals surface area contributed by atoms with Crippen LogP contribution in [0.25, 0.3) is 78.3 Å². The van der Waals surface area contributed by atoms with Crippen LogP contribution in [0.5, 0.6) is 5.75 Å². The van der Waals surface area contributed by atoms with Crippen molar-refractivity contribution in [3.05, 3.63) is 223 Å². The number of rotatable bonds is 13. The summed E-state index contributed by atoms with van der Waals surface area (Å²) < 4.78 is 17.1. The number of para-hydroxylation sites is 2. The van der Waals surface area contributed by atoms with Gasteiger partial charge in [0.15, 0.2) is 0 Å². The predicted molar refractivity (Wildman–Crippen MR) is 251 cm³/mol. The van der Waals surface area contributed by atoms with Crippen LogP contribution in [0.2, 0.25) is 0 Å². The number of aromatic nitrogens is 2. The molecule has 0 spiro atoms. The average Bonchev–Trinajstić information content (AvgIpc) is 3.82. The molecule has 60 heavy (non-hydrogen) atoms. The van der Waals surface area contributed by atoms with Crippen molar-refractivity contribution < 1.29 is 9.47 Å². The summed E-state index contributed by atoms with van der Waals surface area (Å²) >= 11 is 0. The monoisotopic (exact) mass is 776 g/mol. The summed E-state index contributed by atoms with van der Waals surface area (Å²) in [6.07, 6.45) is 4.57. The van der Waals surface area contributed by atoms with E-state index in [0.29, 0.717) is 19.8 Å². The SMILES string of the molecule is C=Cc1ccc(CCOc2ccc3c(c2)c2ccccc2n3-c2ccc(-c3ccc(-n4c5ccccc5c5cc(COCc6ccc(C=C)cc6)ccc54)cc3)cc2)cc1. The second-order valence-corrected chi connectivity index (χ2v) is 15.3. The van der Waals surface area contributed by atoms with E-state index in [-0.39, 0.29) is 0 Å². The molecule has 4 heteroatoms. The van der Waals surface area contributed by atoms with Crippen molar-refractivity contribution in [3.63, 3.8) is 0 Å². The molecule has 0 saturated carbocycles. The molecule has 0 N–H and O–H groups in total. The summed E-state index contributed by atoms with van der Waals surface area (Å²) in [4.78, 5) is 0. The van der Waals surface area contributed by atoms with Crippen LogP contribution in [0.3, 0.4) is 0 Å². The molecule has 4 nitrogen and oxygen atoms in total. The first-order chi connectivity index (χ1) is 29.6. The van der Waals surface area contributed by atoms with Gasteiger partial charge in [0.2, 0.25) is 0 Å². The van der Waals surface area contributed by atoms with Crippen LogP contribution in [-0.2, 0) is 24.4 Å². The second-order valence-electron chi connectivity index (χ2n) is 15.3. The Balaban J connectivity index is 0.882. The number of nitrogens with zero attached hydrogens (tertiary/aromatic N) is 2. The van der Waals surface area contributed by atoms with Gasteiger partial charge in [0.25, 0.3) is 0 Å². The highest BCUT2D eigenvalue weighted by Gasteiger charge is 2.15. The van der Waals surface area contributed by atoms with Gasteiger partial charge < -0.3 is 18.6 Å². The Kier molecular flexibility index (Phi) is 9.90. The van der Waals surface area contributed by atoms with E-state index in [1.165, 1.54) is 54.8 Å². The average molecular weight is 777 g/mol. The molecule has 0 aliphatic rings. The van der Waals surface area contributed by atoms with Gasteiger partial charge in [-0.3, -0.25) is 0 Å². The Morgan fingerprint density at radius 1 is 0.417 bits per heavy atom. The normalized spacial score (nSPS) is 11.5. The van der Waals surface area contributed by atoms with Gasteiger partial charge in [-0.05, 0) is 106 Å². The number of hydrogen-bond acceptors (Lipinski definition) is 2. The number of ether oxygens (including phenoxy) is 2. The fourth-order valence-corrected chi connectivity index (χ4v) is 8.46. The highest BCUT2D eigenvalue weighted by Crippen LogP contribution is 2.36. The maximum atomic E-state index is 6.28. The van der Waals surface area contributed by atoms with E-state index in [9.17, 15) is 0 Å². The summed E-state index contributed by atoms with van der Waals surface area (Å²) in [7, 11) is 0. The summed E-state index contributed by atoms with van der Waals surface area (Å²) in [5.41, 5.74) is 15.1. The molecule has 0 unspecified atom stereocenters. The molecule has 0 radical (unpaired) electrons. The van der Waals surface area contributed by atoms with Gasteiger partial charge in [-0.2, -0.15) is 0 Å². The third-order valence-electron chi connectivity index (χ3n) is 11.6. The zero-order valence-corrected chi connectivity index (χ0v) is 33.4. The summed E-state index contributed by atoms with van der Waals surface area (Å²) in [5.74, 6) is 0.879. The first-order valence-corrected chi connectivity index (χ1v) is 20.5. The second kappa shape index (κ2) is 16.1. The highest BCUT2D eigenvalue weighted by molar-refractivity contribution is 6.10. The molecule has 2 heterocycles. The molecule has 10 rings (SSSR count). The Labute approximate surface area is 350 Å². The van der Waals surface area contributed by atoms with Crippen LogP contribution in [0.4, 0.5) is 0 Å². The van der Waals surface area contributed by atoms with Crippen LogP contribution in [0.1, 0.15) is 27.8 Å². The lowest BCUT2D eigenvalue weighted by atomic mass is 10.0. The Bertz CT molecular complexity index is 2930. The number of hydrogen-bond donors (Lipinski definition) is 0. The van der Waals surface area contributed by atoms with E-state index in [1.54, 1.807) is 0 Å². The van der Waals surface area contributed by atoms with Crippen molar-refractivity contribution in [2.75, 3.05) is 6.61 Å². The van der Waals surface area contributed by atoms with Crippen molar-refractivity contribution in [2.45, 2.75) is 19.6 Å². The lowest BCUT2D eigenvalue weighted by molar-refractivity contribution is 0.107. The topological polar surface area (TPSA) is 28.3 Å². The molecule has 0 fully saturated rings. The van der Waals surface area contributed by atoms with Crippen molar-refractivity contribution in [2.24, 2.45) is 0 Å². The number of benzene rings is 8. The summed E-state index contributed by atoms with van der Waals surface area (Å²) in [6.45, 7) is 9.43. The van der Waals surface area contributed by atoms with Crippen molar-refractivity contribution in [3.8, 4) is 28.3 Å².